The van der Waals surface area contributed by atoms with Crippen molar-refractivity contribution >= 4 is 23.9 Å². The van der Waals surface area contributed by atoms with E-state index in [1.807, 2.05) is 54.4 Å². The van der Waals surface area contributed by atoms with Gasteiger partial charge in [0.1, 0.15) is 0 Å². The van der Waals surface area contributed by atoms with Gasteiger partial charge in [-0.25, -0.2) is 4.79 Å². The van der Waals surface area contributed by atoms with Gasteiger partial charge in [0.2, 0.25) is 5.91 Å². The molecule has 1 fully saturated rings. The summed E-state index contributed by atoms with van der Waals surface area (Å²) in [7, 11) is 6.33. The normalized spacial score (nSPS) is 20.8. The second kappa shape index (κ2) is 14.6. The molecule has 8 nitrogen and oxygen atoms in total. The molecular formula is C34H40N2O6. The van der Waals surface area contributed by atoms with Crippen molar-refractivity contribution in [1.82, 2.24) is 9.80 Å². The Morgan fingerprint density at radius 1 is 0.738 bits per heavy atom. The molecule has 1 aliphatic rings. The number of carboxylic acids is 2. The summed E-state index contributed by atoms with van der Waals surface area (Å²) in [5, 5.41) is 24.1. The smallest absolute Gasteiger partial charge is 0.333 e. The van der Waals surface area contributed by atoms with Crippen LogP contribution in [0.5, 0.6) is 0 Å². The molecule has 1 unspecified atom stereocenters. The van der Waals surface area contributed by atoms with E-state index in [-0.39, 0.29) is 17.0 Å². The van der Waals surface area contributed by atoms with Crippen molar-refractivity contribution in [3.63, 3.8) is 0 Å². The van der Waals surface area contributed by atoms with Crippen molar-refractivity contribution in [1.29, 1.82) is 0 Å². The molecule has 1 aliphatic carbocycles. The summed E-state index contributed by atoms with van der Waals surface area (Å²) in [5.41, 5.74) is 3.26. The molecule has 4 rings (SSSR count). The molecule has 0 spiro atoms. The van der Waals surface area contributed by atoms with Crippen LogP contribution in [0.2, 0.25) is 0 Å². The zero-order chi connectivity index (χ0) is 30.8. The molecule has 42 heavy (non-hydrogen) atoms. The van der Waals surface area contributed by atoms with Crippen LogP contribution in [0.4, 0.5) is 0 Å². The minimum Gasteiger partial charge on any atom is -0.481 e. The average Bonchev–Trinajstić information content (AvgIpc) is 3.00. The molecule has 0 heterocycles. The summed E-state index contributed by atoms with van der Waals surface area (Å²) in [4.78, 5) is 37.1. The first-order chi connectivity index (χ1) is 20.0. The van der Waals surface area contributed by atoms with E-state index in [1.165, 1.54) is 11.1 Å². The van der Waals surface area contributed by atoms with Crippen LogP contribution in [-0.2, 0) is 25.5 Å². The minimum absolute atomic E-state index is 0.0245. The van der Waals surface area contributed by atoms with Gasteiger partial charge in [-0.1, -0.05) is 91.0 Å². The van der Waals surface area contributed by atoms with Crippen molar-refractivity contribution in [2.24, 2.45) is 0 Å². The molecular weight excluding hydrogens is 532 g/mol. The fourth-order valence-corrected chi connectivity index (χ4v) is 5.69. The monoisotopic (exact) mass is 572 g/mol. The molecule has 8 heteroatoms. The Labute approximate surface area is 247 Å². The molecule has 0 bridgehead atoms. The summed E-state index contributed by atoms with van der Waals surface area (Å²) in [6.45, 7) is 0. The first kappa shape index (κ1) is 32.2. The number of carbonyl (C=O) groups is 3. The van der Waals surface area contributed by atoms with E-state index in [2.05, 4.69) is 73.6 Å². The predicted octanol–water partition coefficient (Wildman–Crippen LogP) is 4.99. The first-order valence-electron chi connectivity index (χ1n) is 13.9. The molecule has 1 atom stereocenters. The van der Waals surface area contributed by atoms with Gasteiger partial charge in [-0.3, -0.25) is 14.5 Å². The Hall–Kier alpha value is -4.27. The number of aliphatic carboxylic acids is 2. The fraction of sp³-hybridized carbons (Fsp3) is 0.324. The molecule has 0 aromatic heterocycles. The summed E-state index contributed by atoms with van der Waals surface area (Å²) < 4.78 is 0. The van der Waals surface area contributed by atoms with Crippen LogP contribution in [0.25, 0.3) is 6.08 Å². The van der Waals surface area contributed by atoms with Crippen molar-refractivity contribution in [3.05, 3.63) is 114 Å². The molecule has 222 valence electrons. The van der Waals surface area contributed by atoms with Crippen molar-refractivity contribution in [2.75, 3.05) is 21.1 Å². The summed E-state index contributed by atoms with van der Waals surface area (Å²) in [5.74, 6) is -2.80. The molecule has 0 radical (unpaired) electrons. The number of carbonyl (C=O) groups excluding carboxylic acids is 1. The Bertz CT molecular complexity index is 1330. The summed E-state index contributed by atoms with van der Waals surface area (Å²) in [6.07, 6.45) is 4.87. The molecule has 1 saturated carbocycles. The average molecular weight is 573 g/mol. The number of aliphatic hydroxyl groups is 1. The van der Waals surface area contributed by atoms with Crippen LogP contribution in [0.3, 0.4) is 0 Å². The zero-order valence-electron chi connectivity index (χ0n) is 24.4. The maximum Gasteiger partial charge on any atom is 0.333 e. The Kier molecular flexibility index (Phi) is 11.2. The maximum absolute atomic E-state index is 13.4. The van der Waals surface area contributed by atoms with E-state index < -0.39 is 24.5 Å². The Morgan fingerprint density at radius 3 is 1.57 bits per heavy atom. The van der Waals surface area contributed by atoms with E-state index in [4.69, 9.17) is 15.3 Å². The number of likely N-dealkylation sites (N-methyl/N-ethyl adjacent to an activating group) is 1. The number of aliphatic hydroxyl groups excluding tert-OH is 1. The quantitative estimate of drug-likeness (QED) is 0.309. The highest BCUT2D eigenvalue weighted by Gasteiger charge is 2.48. The number of rotatable bonds is 9. The minimum atomic E-state index is -1.79. The lowest BCUT2D eigenvalue weighted by Crippen LogP contribution is -2.54. The Morgan fingerprint density at radius 2 is 1.17 bits per heavy atom. The van der Waals surface area contributed by atoms with Crippen LogP contribution < -0.4 is 0 Å². The van der Waals surface area contributed by atoms with Gasteiger partial charge in [0, 0.05) is 18.7 Å². The predicted molar refractivity (Wildman–Crippen MR) is 163 cm³/mol. The second-order valence-electron chi connectivity index (χ2n) is 10.8. The molecule has 0 saturated heterocycles. The van der Waals surface area contributed by atoms with E-state index in [0.29, 0.717) is 0 Å². The third-order valence-corrected chi connectivity index (χ3v) is 8.23. The number of hydrogen-bond donors (Lipinski definition) is 3. The van der Waals surface area contributed by atoms with E-state index in [9.17, 15) is 14.4 Å². The highest BCUT2D eigenvalue weighted by atomic mass is 16.4. The van der Waals surface area contributed by atoms with Gasteiger partial charge < -0.3 is 20.2 Å². The van der Waals surface area contributed by atoms with Gasteiger partial charge in [0.15, 0.2) is 6.10 Å². The largest absolute Gasteiger partial charge is 0.481 e. The number of carboxylic acid groups (broad SMARTS) is 2. The van der Waals surface area contributed by atoms with Gasteiger partial charge in [0.25, 0.3) is 0 Å². The highest BCUT2D eigenvalue weighted by Crippen LogP contribution is 2.50. The van der Waals surface area contributed by atoms with Crippen molar-refractivity contribution in [3.8, 4) is 0 Å². The highest BCUT2D eigenvalue weighted by molar-refractivity contribution is 5.92. The third kappa shape index (κ3) is 7.72. The first-order valence-corrected chi connectivity index (χ1v) is 13.9. The van der Waals surface area contributed by atoms with Gasteiger partial charge in [-0.15, -0.1) is 0 Å². The van der Waals surface area contributed by atoms with Gasteiger partial charge in [-0.2, -0.15) is 0 Å². The van der Waals surface area contributed by atoms with Crippen LogP contribution in [-0.4, -0.2) is 70.2 Å². The van der Waals surface area contributed by atoms with E-state index >= 15 is 0 Å². The lowest BCUT2D eigenvalue weighted by Gasteiger charge is -2.53. The number of amides is 1. The van der Waals surface area contributed by atoms with Gasteiger partial charge in [0.05, 0.1) is 12.0 Å². The van der Waals surface area contributed by atoms with Crippen LogP contribution >= 0.6 is 0 Å². The molecule has 3 aromatic rings. The number of benzene rings is 3. The molecule has 3 aromatic carbocycles. The maximum atomic E-state index is 13.4. The second-order valence-corrected chi connectivity index (χ2v) is 10.8. The van der Waals surface area contributed by atoms with Crippen LogP contribution in [0, 0.1) is 0 Å². The van der Waals surface area contributed by atoms with Gasteiger partial charge in [-0.05, 0) is 62.5 Å². The molecule has 3 N–H and O–H groups in total. The van der Waals surface area contributed by atoms with Crippen LogP contribution in [0.1, 0.15) is 48.8 Å². The van der Waals surface area contributed by atoms with Crippen LogP contribution in [0.15, 0.2) is 97.1 Å². The third-order valence-electron chi connectivity index (χ3n) is 8.23. The standard InChI is InChI=1S/C30H34N2O.C4H6O5/c1-31(2)29(26-15-9-5-10-16-26)21-23-30(24-22-29,27-17-11-6-12-18-27)32(3)28(33)20-19-25-13-7-4-8-14-25;5-2(4(8)9)1-3(6)7/h4-20H,21-24H2,1-3H3;2,5H,1H2,(H,6,7)(H,8,9)/b20-19+;. The zero-order valence-corrected chi connectivity index (χ0v) is 24.4. The SMILES string of the molecule is CN(C)C1(c2ccccc2)CCC(c2ccccc2)(N(C)C(=O)/C=C/c2ccccc2)CC1.O=C(O)CC(O)C(=O)O. The Balaban J connectivity index is 0.000000467. The summed E-state index contributed by atoms with van der Waals surface area (Å²) >= 11 is 0. The van der Waals surface area contributed by atoms with E-state index in [1.54, 1.807) is 6.08 Å². The lowest BCUT2D eigenvalue weighted by atomic mass is 9.66. The topological polar surface area (TPSA) is 118 Å². The molecule has 1 amide bonds. The number of nitrogens with zero attached hydrogens (tertiary/aromatic N) is 2. The fourth-order valence-electron chi connectivity index (χ4n) is 5.69. The van der Waals surface area contributed by atoms with Crippen molar-refractivity contribution < 1.29 is 29.7 Å². The summed E-state index contributed by atoms with van der Waals surface area (Å²) in [6, 6.07) is 31.4. The van der Waals surface area contributed by atoms with E-state index in [0.717, 1.165) is 31.2 Å². The van der Waals surface area contributed by atoms with Crippen molar-refractivity contribution in [2.45, 2.75) is 49.3 Å². The van der Waals surface area contributed by atoms with Gasteiger partial charge >= 0.3 is 11.9 Å². The number of hydrogen-bond acceptors (Lipinski definition) is 5. The lowest BCUT2D eigenvalue weighted by molar-refractivity contribution is -0.152. The molecule has 0 aliphatic heterocycles.